The number of pyridine rings is 1. The molecule has 2 aliphatic rings. The van der Waals surface area contributed by atoms with Crippen LogP contribution < -0.4 is 4.90 Å². The number of rotatable bonds is 4. The lowest BCUT2D eigenvalue weighted by Crippen LogP contribution is -2.28. The van der Waals surface area contributed by atoms with E-state index in [2.05, 4.69) is 42.7 Å². The number of nitrogens with zero attached hydrogens (tertiary/aromatic N) is 3. The van der Waals surface area contributed by atoms with E-state index < -0.39 is 0 Å². The average Bonchev–Trinajstić information content (AvgIpc) is 3.09. The Morgan fingerprint density at radius 1 is 1.14 bits per heavy atom. The summed E-state index contributed by atoms with van der Waals surface area (Å²) in [6, 6.07) is 5.19. The Morgan fingerprint density at radius 2 is 1.90 bits per heavy atom. The molecule has 0 spiro atoms. The number of aromatic nitrogens is 1. The van der Waals surface area contributed by atoms with Crippen molar-refractivity contribution in [2.24, 2.45) is 5.92 Å². The molecule has 0 aromatic carbocycles. The number of likely N-dealkylation sites (tertiary alicyclic amines) is 1. The highest BCUT2D eigenvalue weighted by molar-refractivity contribution is 5.43. The Labute approximate surface area is 129 Å². The van der Waals surface area contributed by atoms with Gasteiger partial charge in [0.05, 0.1) is 0 Å². The highest BCUT2D eigenvalue weighted by atomic mass is 15.2. The maximum absolute atomic E-state index is 4.91. The number of hydrogen-bond acceptors (Lipinski definition) is 3. The van der Waals surface area contributed by atoms with Crippen molar-refractivity contribution in [3.05, 3.63) is 23.4 Å². The van der Waals surface area contributed by atoms with Crippen LogP contribution in [0, 0.1) is 12.8 Å². The zero-order valence-corrected chi connectivity index (χ0v) is 13.8. The number of anilines is 1. The van der Waals surface area contributed by atoms with Gasteiger partial charge < -0.3 is 4.90 Å². The molecule has 2 saturated heterocycles. The van der Waals surface area contributed by atoms with Gasteiger partial charge in [-0.15, -0.1) is 0 Å². The molecule has 3 heteroatoms. The van der Waals surface area contributed by atoms with E-state index in [-0.39, 0.29) is 0 Å². The predicted molar refractivity (Wildman–Crippen MR) is 88.8 cm³/mol. The van der Waals surface area contributed by atoms with Crippen LogP contribution in [0.5, 0.6) is 0 Å². The molecule has 2 fully saturated rings. The van der Waals surface area contributed by atoms with E-state index in [0.29, 0.717) is 6.04 Å². The molecule has 0 unspecified atom stereocenters. The van der Waals surface area contributed by atoms with Gasteiger partial charge in [0.2, 0.25) is 0 Å². The highest BCUT2D eigenvalue weighted by Gasteiger charge is 2.28. The zero-order valence-electron chi connectivity index (χ0n) is 13.8. The van der Waals surface area contributed by atoms with Gasteiger partial charge in [0, 0.05) is 31.4 Å². The molecule has 1 atom stereocenters. The minimum Gasteiger partial charge on any atom is -0.357 e. The van der Waals surface area contributed by atoms with E-state index in [0.717, 1.165) is 5.92 Å². The Kier molecular flexibility index (Phi) is 4.48. The summed E-state index contributed by atoms with van der Waals surface area (Å²) in [7, 11) is 0. The molecule has 1 aromatic rings. The zero-order chi connectivity index (χ0) is 14.8. The molecule has 3 nitrogen and oxygen atoms in total. The molecule has 0 radical (unpaired) electrons. The van der Waals surface area contributed by atoms with Crippen molar-refractivity contribution in [1.29, 1.82) is 0 Å². The van der Waals surface area contributed by atoms with E-state index in [1.54, 1.807) is 0 Å². The highest BCUT2D eigenvalue weighted by Crippen LogP contribution is 2.34. The normalized spacial score (nSPS) is 23.4. The maximum Gasteiger partial charge on any atom is 0.128 e. The van der Waals surface area contributed by atoms with E-state index in [1.165, 1.54) is 68.9 Å². The third-order valence-corrected chi connectivity index (χ3v) is 4.86. The smallest absolute Gasteiger partial charge is 0.128 e. The molecule has 0 bridgehead atoms. The first-order valence-corrected chi connectivity index (χ1v) is 8.61. The summed E-state index contributed by atoms with van der Waals surface area (Å²) < 4.78 is 0. The Morgan fingerprint density at radius 3 is 2.57 bits per heavy atom. The van der Waals surface area contributed by atoms with Gasteiger partial charge in [-0.3, -0.25) is 4.90 Å². The molecule has 0 N–H and O–H groups in total. The van der Waals surface area contributed by atoms with Crippen LogP contribution in [0.4, 0.5) is 5.82 Å². The quantitative estimate of drug-likeness (QED) is 0.840. The van der Waals surface area contributed by atoms with Crippen LogP contribution in [0.3, 0.4) is 0 Å². The van der Waals surface area contributed by atoms with Crippen LogP contribution in [0.25, 0.3) is 0 Å². The summed E-state index contributed by atoms with van der Waals surface area (Å²) in [5.74, 6) is 1.92. The number of aryl methyl sites for hydroxylation is 1. The van der Waals surface area contributed by atoms with Crippen molar-refractivity contribution in [1.82, 2.24) is 9.88 Å². The van der Waals surface area contributed by atoms with Gasteiger partial charge in [-0.25, -0.2) is 4.98 Å². The second-order valence-corrected chi connectivity index (χ2v) is 7.09. The van der Waals surface area contributed by atoms with Gasteiger partial charge in [0.1, 0.15) is 5.82 Å². The van der Waals surface area contributed by atoms with E-state index in [9.17, 15) is 0 Å². The summed E-state index contributed by atoms with van der Waals surface area (Å²) in [6.07, 6.45) is 5.24. The van der Waals surface area contributed by atoms with Crippen molar-refractivity contribution in [2.45, 2.75) is 52.5 Å². The summed E-state index contributed by atoms with van der Waals surface area (Å²) in [5.41, 5.74) is 2.69. The molecule has 116 valence electrons. The minimum atomic E-state index is 0.590. The second-order valence-electron chi connectivity index (χ2n) is 7.09. The second kappa shape index (κ2) is 6.35. The van der Waals surface area contributed by atoms with Crippen molar-refractivity contribution >= 4 is 5.82 Å². The largest absolute Gasteiger partial charge is 0.357 e. The van der Waals surface area contributed by atoms with E-state index in [4.69, 9.17) is 4.98 Å². The lowest BCUT2D eigenvalue weighted by Gasteiger charge is -2.28. The summed E-state index contributed by atoms with van der Waals surface area (Å²) >= 11 is 0. The van der Waals surface area contributed by atoms with Crippen molar-refractivity contribution < 1.29 is 0 Å². The number of hydrogen-bond donors (Lipinski definition) is 0. The van der Waals surface area contributed by atoms with Gasteiger partial charge in [-0.1, -0.05) is 19.9 Å². The molecule has 3 heterocycles. The van der Waals surface area contributed by atoms with Crippen LogP contribution in [-0.4, -0.2) is 36.1 Å². The maximum atomic E-state index is 4.91. The van der Waals surface area contributed by atoms with Gasteiger partial charge in [0.25, 0.3) is 0 Å². The Balaban J connectivity index is 1.78. The van der Waals surface area contributed by atoms with Gasteiger partial charge in [-0.2, -0.15) is 0 Å². The molecule has 0 aliphatic carbocycles. The van der Waals surface area contributed by atoms with Crippen molar-refractivity contribution in [3.8, 4) is 0 Å². The lowest BCUT2D eigenvalue weighted by atomic mass is 10.0. The summed E-state index contributed by atoms with van der Waals surface area (Å²) in [4.78, 5) is 10.00. The predicted octanol–water partition coefficient (Wildman–Crippen LogP) is 3.78. The van der Waals surface area contributed by atoms with Crippen LogP contribution in [-0.2, 0) is 0 Å². The third-order valence-electron chi connectivity index (χ3n) is 4.86. The fourth-order valence-corrected chi connectivity index (χ4v) is 3.90. The topological polar surface area (TPSA) is 19.4 Å². The molecule has 21 heavy (non-hydrogen) atoms. The monoisotopic (exact) mass is 287 g/mol. The first kappa shape index (κ1) is 14.8. The van der Waals surface area contributed by atoms with Gasteiger partial charge in [0.15, 0.2) is 0 Å². The van der Waals surface area contributed by atoms with Crippen molar-refractivity contribution in [3.63, 3.8) is 0 Å². The Hall–Kier alpha value is -1.09. The van der Waals surface area contributed by atoms with E-state index in [1.807, 2.05) is 0 Å². The van der Waals surface area contributed by atoms with Crippen LogP contribution in [0.15, 0.2) is 12.1 Å². The fourth-order valence-electron chi connectivity index (χ4n) is 3.90. The lowest BCUT2D eigenvalue weighted by molar-refractivity contribution is 0.228. The van der Waals surface area contributed by atoms with Gasteiger partial charge in [-0.05, 0) is 56.7 Å². The molecular formula is C18H29N3. The first-order chi connectivity index (χ1) is 10.1. The van der Waals surface area contributed by atoms with Crippen LogP contribution in [0.2, 0.25) is 0 Å². The average molecular weight is 287 g/mol. The fraction of sp³-hybridized carbons (Fsp3) is 0.722. The first-order valence-electron chi connectivity index (χ1n) is 8.61. The molecule has 1 aromatic heterocycles. The SMILES string of the molecule is Cc1nc(N2CCCC2)ccc1[C@H]1CCCN1CC(C)C. The molecule has 0 amide bonds. The van der Waals surface area contributed by atoms with Crippen LogP contribution in [0.1, 0.15) is 56.8 Å². The molecular weight excluding hydrogens is 258 g/mol. The molecule has 3 rings (SSSR count). The van der Waals surface area contributed by atoms with Gasteiger partial charge >= 0.3 is 0 Å². The summed E-state index contributed by atoms with van der Waals surface area (Å²) in [6.45, 7) is 11.6. The molecule has 0 saturated carbocycles. The Bertz CT molecular complexity index is 477. The summed E-state index contributed by atoms with van der Waals surface area (Å²) in [5, 5.41) is 0. The standard InChI is InChI=1S/C18H29N3/c1-14(2)13-21-12-6-7-17(21)16-8-9-18(19-15(16)3)20-10-4-5-11-20/h8-9,14,17H,4-7,10-13H2,1-3H3/t17-/m1/s1. The third kappa shape index (κ3) is 3.23. The van der Waals surface area contributed by atoms with Crippen LogP contribution >= 0.6 is 0 Å². The minimum absolute atomic E-state index is 0.590. The van der Waals surface area contributed by atoms with Crippen molar-refractivity contribution in [2.75, 3.05) is 31.1 Å². The van der Waals surface area contributed by atoms with E-state index >= 15 is 0 Å². The molecule has 2 aliphatic heterocycles.